The van der Waals surface area contributed by atoms with Crippen molar-refractivity contribution < 1.29 is 8.42 Å². The number of hydrazine groups is 1. The fourth-order valence-electron chi connectivity index (χ4n) is 3.38. The molecule has 0 radical (unpaired) electrons. The van der Waals surface area contributed by atoms with Gasteiger partial charge in [0.25, 0.3) is 10.0 Å². The van der Waals surface area contributed by atoms with Gasteiger partial charge in [-0.1, -0.05) is 97.1 Å². The predicted octanol–water partition coefficient (Wildman–Crippen LogP) is 4.74. The summed E-state index contributed by atoms with van der Waals surface area (Å²) in [7, 11) is -3.75. The zero-order chi connectivity index (χ0) is 20.1. The summed E-state index contributed by atoms with van der Waals surface area (Å²) in [5.41, 5.74) is 2.06. The van der Waals surface area contributed by atoms with E-state index in [-0.39, 0.29) is 4.90 Å². The number of hydrogen-bond acceptors (Lipinski definition) is 3. The Kier molecular flexibility index (Phi) is 5.71. The van der Waals surface area contributed by atoms with Gasteiger partial charge in [-0.25, -0.2) is 13.4 Å². The molecule has 0 bridgehead atoms. The number of nitrogens with one attached hydrogen (secondary N) is 1. The van der Waals surface area contributed by atoms with Crippen LogP contribution >= 0.6 is 0 Å². The number of rotatable bonds is 7. The Balaban J connectivity index is 1.66. The Morgan fingerprint density at radius 2 is 1.14 bits per heavy atom. The Labute approximate surface area is 171 Å². The highest BCUT2D eigenvalue weighted by Crippen LogP contribution is 2.23. The van der Waals surface area contributed by atoms with Gasteiger partial charge in [0, 0.05) is 18.5 Å². The lowest BCUT2D eigenvalue weighted by Gasteiger charge is -2.24. The van der Waals surface area contributed by atoms with Crippen molar-refractivity contribution in [1.29, 1.82) is 0 Å². The van der Waals surface area contributed by atoms with Gasteiger partial charge in [0.1, 0.15) is 0 Å². The summed E-state index contributed by atoms with van der Waals surface area (Å²) in [6.45, 7) is 0.916. The number of sulfonamides is 1. The second-order valence-electron chi connectivity index (χ2n) is 6.90. The molecule has 0 saturated carbocycles. The summed E-state index contributed by atoms with van der Waals surface area (Å²) in [5.74, 6) is 0. The average Bonchev–Trinajstić information content (AvgIpc) is 2.74. The molecule has 0 spiro atoms. The molecule has 0 aliphatic rings. The Morgan fingerprint density at radius 1 is 0.621 bits per heavy atom. The Hall–Kier alpha value is -2.99. The summed E-state index contributed by atoms with van der Waals surface area (Å²) in [5, 5.41) is 3.34. The van der Waals surface area contributed by atoms with Crippen LogP contribution in [0.15, 0.2) is 108 Å². The molecule has 4 aromatic rings. The van der Waals surface area contributed by atoms with E-state index in [0.29, 0.717) is 18.5 Å². The predicted molar refractivity (Wildman–Crippen MR) is 116 cm³/mol. The van der Waals surface area contributed by atoms with Crippen molar-refractivity contribution in [3.05, 3.63) is 114 Å². The number of hydrogen-bond donors (Lipinski definition) is 1. The van der Waals surface area contributed by atoms with Crippen molar-refractivity contribution in [2.75, 3.05) is 0 Å². The van der Waals surface area contributed by atoms with Crippen LogP contribution in [0.4, 0.5) is 0 Å². The van der Waals surface area contributed by atoms with Gasteiger partial charge in [0.2, 0.25) is 0 Å². The second kappa shape index (κ2) is 8.57. The molecule has 4 rings (SSSR count). The molecule has 0 amide bonds. The first kappa shape index (κ1) is 19.3. The number of benzene rings is 4. The van der Waals surface area contributed by atoms with Crippen molar-refractivity contribution in [2.24, 2.45) is 0 Å². The van der Waals surface area contributed by atoms with Gasteiger partial charge < -0.3 is 0 Å². The maximum absolute atomic E-state index is 13.3. The quantitative estimate of drug-likeness (QED) is 0.455. The van der Waals surface area contributed by atoms with E-state index >= 15 is 0 Å². The van der Waals surface area contributed by atoms with Gasteiger partial charge in [0.05, 0.1) is 4.90 Å². The van der Waals surface area contributed by atoms with Gasteiger partial charge in [-0.2, -0.15) is 0 Å². The summed E-state index contributed by atoms with van der Waals surface area (Å²) in [6.07, 6.45) is 0. The Morgan fingerprint density at radius 3 is 1.76 bits per heavy atom. The maximum atomic E-state index is 13.3. The third kappa shape index (κ3) is 4.71. The van der Waals surface area contributed by atoms with Crippen molar-refractivity contribution in [3.8, 4) is 0 Å². The normalized spacial score (nSPS) is 11.8. The van der Waals surface area contributed by atoms with Crippen LogP contribution in [0.25, 0.3) is 10.8 Å². The molecule has 0 atom stereocenters. The van der Waals surface area contributed by atoms with Crippen LogP contribution in [0.2, 0.25) is 0 Å². The third-order valence-corrected chi connectivity index (χ3v) is 6.15. The summed E-state index contributed by atoms with van der Waals surface area (Å²) < 4.78 is 26.6. The lowest BCUT2D eigenvalue weighted by atomic mass is 10.1. The molecule has 0 aliphatic heterocycles. The fraction of sp³-hybridized carbons (Fsp3) is 0.0833. The maximum Gasteiger partial charge on any atom is 0.254 e. The molecule has 0 aliphatic carbocycles. The molecule has 0 unspecified atom stereocenters. The van der Waals surface area contributed by atoms with E-state index in [1.54, 1.807) is 17.1 Å². The van der Waals surface area contributed by atoms with Gasteiger partial charge in [-0.15, -0.1) is 4.83 Å². The van der Waals surface area contributed by atoms with E-state index in [0.717, 1.165) is 16.5 Å². The van der Waals surface area contributed by atoms with Crippen molar-refractivity contribution in [1.82, 2.24) is 9.84 Å². The second-order valence-corrected chi connectivity index (χ2v) is 8.53. The highest BCUT2D eigenvalue weighted by atomic mass is 32.2. The molecule has 4 nitrogen and oxygen atoms in total. The summed E-state index contributed by atoms with van der Waals surface area (Å²) in [6, 6.07) is 32.5. The molecule has 0 fully saturated rings. The topological polar surface area (TPSA) is 49.4 Å². The lowest BCUT2D eigenvalue weighted by Crippen LogP contribution is -2.41. The van der Waals surface area contributed by atoms with E-state index in [9.17, 15) is 8.42 Å². The largest absolute Gasteiger partial charge is 0.254 e. The zero-order valence-corrected chi connectivity index (χ0v) is 16.7. The minimum atomic E-state index is -3.75. The molecule has 5 heteroatoms. The van der Waals surface area contributed by atoms with Crippen molar-refractivity contribution in [3.63, 3.8) is 0 Å². The molecule has 0 aromatic heterocycles. The van der Waals surface area contributed by atoms with E-state index < -0.39 is 10.0 Å². The van der Waals surface area contributed by atoms with E-state index in [4.69, 9.17) is 0 Å². The standard InChI is InChI=1S/C24H22N2O2S/c27-29(28,24-17-9-15-22-14-7-8-16-23(22)24)25-26(18-20-10-3-1-4-11-20)19-21-12-5-2-6-13-21/h1-17,25H,18-19H2. The van der Waals surface area contributed by atoms with Gasteiger partial charge in [-0.05, 0) is 22.6 Å². The van der Waals surface area contributed by atoms with Crippen LogP contribution < -0.4 is 4.83 Å². The van der Waals surface area contributed by atoms with Crippen LogP contribution in [0.3, 0.4) is 0 Å². The lowest BCUT2D eigenvalue weighted by molar-refractivity contribution is 0.222. The van der Waals surface area contributed by atoms with Crippen LogP contribution in [0.1, 0.15) is 11.1 Å². The van der Waals surface area contributed by atoms with Gasteiger partial charge in [-0.3, -0.25) is 0 Å². The monoisotopic (exact) mass is 402 g/mol. The Bertz CT molecular complexity index is 1150. The number of nitrogens with zero attached hydrogens (tertiary/aromatic N) is 1. The first-order valence-corrected chi connectivity index (χ1v) is 10.9. The van der Waals surface area contributed by atoms with Gasteiger partial charge >= 0.3 is 0 Å². The van der Waals surface area contributed by atoms with Crippen LogP contribution in [0.5, 0.6) is 0 Å². The van der Waals surface area contributed by atoms with Crippen LogP contribution in [-0.4, -0.2) is 13.4 Å². The van der Waals surface area contributed by atoms with E-state index in [1.165, 1.54) is 0 Å². The van der Waals surface area contributed by atoms with Crippen molar-refractivity contribution >= 4 is 20.8 Å². The summed E-state index contributed by atoms with van der Waals surface area (Å²) >= 11 is 0. The van der Waals surface area contributed by atoms with Crippen LogP contribution in [0, 0.1) is 0 Å². The molecule has 0 saturated heterocycles. The molecule has 1 N–H and O–H groups in total. The zero-order valence-electron chi connectivity index (χ0n) is 15.9. The van der Waals surface area contributed by atoms with Gasteiger partial charge in [0.15, 0.2) is 0 Å². The minimum absolute atomic E-state index is 0.279. The smallest absolute Gasteiger partial charge is 0.222 e. The molecule has 4 aromatic carbocycles. The molecular formula is C24H22N2O2S. The van der Waals surface area contributed by atoms with Crippen LogP contribution in [-0.2, 0) is 23.1 Å². The molecule has 146 valence electrons. The van der Waals surface area contributed by atoms with E-state index in [2.05, 4.69) is 4.83 Å². The van der Waals surface area contributed by atoms with E-state index in [1.807, 2.05) is 91.0 Å². The summed E-state index contributed by atoms with van der Waals surface area (Å²) in [4.78, 5) is 3.08. The highest BCUT2D eigenvalue weighted by molar-refractivity contribution is 7.89. The first-order valence-electron chi connectivity index (χ1n) is 9.45. The minimum Gasteiger partial charge on any atom is -0.222 e. The fourth-order valence-corrected chi connectivity index (χ4v) is 4.68. The third-order valence-electron chi connectivity index (χ3n) is 4.72. The molecule has 0 heterocycles. The SMILES string of the molecule is O=S(=O)(NN(Cc1ccccc1)Cc1ccccc1)c1cccc2ccccc12. The molecule has 29 heavy (non-hydrogen) atoms. The molecular weight excluding hydrogens is 380 g/mol. The van der Waals surface area contributed by atoms with Crippen molar-refractivity contribution in [2.45, 2.75) is 18.0 Å². The number of fused-ring (bicyclic) bond motifs is 1. The average molecular weight is 403 g/mol. The highest BCUT2D eigenvalue weighted by Gasteiger charge is 2.21. The first-order chi connectivity index (χ1) is 14.1.